The van der Waals surface area contributed by atoms with Gasteiger partial charge in [0, 0.05) is 12.2 Å². The van der Waals surface area contributed by atoms with E-state index in [1.54, 1.807) is 0 Å². The second-order valence-electron chi connectivity index (χ2n) is 8.70. The molecule has 1 unspecified atom stereocenters. The molecule has 5 nitrogen and oxygen atoms in total. The van der Waals surface area contributed by atoms with Crippen molar-refractivity contribution in [2.75, 3.05) is 6.61 Å². The number of ether oxygens (including phenoxy) is 1. The summed E-state index contributed by atoms with van der Waals surface area (Å²) in [4.78, 5) is 22.0. The van der Waals surface area contributed by atoms with Crippen molar-refractivity contribution in [3.8, 4) is 0 Å². The second kappa shape index (κ2) is 13.3. The van der Waals surface area contributed by atoms with Gasteiger partial charge in [0.05, 0.1) is 6.61 Å². The summed E-state index contributed by atoms with van der Waals surface area (Å²) >= 11 is 0. The van der Waals surface area contributed by atoms with Crippen LogP contribution in [0.4, 0.5) is 0 Å². The van der Waals surface area contributed by atoms with Crippen LogP contribution in [-0.4, -0.2) is 40.3 Å². The maximum atomic E-state index is 11.6. The number of unbranched alkanes of at least 4 members (excludes halogenated alkanes) is 5. The topological polar surface area (TPSA) is 72.8 Å². The van der Waals surface area contributed by atoms with E-state index in [1.807, 2.05) is 0 Å². The summed E-state index contributed by atoms with van der Waals surface area (Å²) in [6.07, 6.45) is 11.3. The van der Waals surface area contributed by atoms with Gasteiger partial charge in [-0.2, -0.15) is 0 Å². The molecule has 0 radical (unpaired) electrons. The van der Waals surface area contributed by atoms with Crippen LogP contribution in [0.1, 0.15) is 58.3 Å². The molecule has 0 bridgehead atoms. The molecule has 7 heteroatoms. The lowest BCUT2D eigenvalue weighted by molar-refractivity contribution is -0.138. The van der Waals surface area contributed by atoms with Gasteiger partial charge in [0.1, 0.15) is 0 Å². The number of hydrogen-bond donors (Lipinski definition) is 1. The molecule has 158 valence electrons. The Bertz CT molecular complexity index is 469. The minimum atomic E-state index is -1.89. The number of esters is 1. The van der Waals surface area contributed by atoms with Crippen molar-refractivity contribution in [1.29, 1.82) is 0 Å². The predicted molar refractivity (Wildman–Crippen MR) is 116 cm³/mol. The highest BCUT2D eigenvalue weighted by atomic mass is 28.4. The molecule has 0 amide bonds. The molecule has 0 aliphatic carbocycles. The van der Waals surface area contributed by atoms with Gasteiger partial charge in [0.15, 0.2) is 16.6 Å². The standard InChI is InChI=1S/C20H40O5Si2/c1-7-8-9-10-11-12-13-18(27(5,6)25-26(2,3)4)16-17-24-20(23)15-14-19(21)22/h14-15,18H,7-13,16-17H2,1-6H3,(H,21,22)/b15-14+. The van der Waals surface area contributed by atoms with Crippen molar-refractivity contribution in [2.24, 2.45) is 0 Å². The molecule has 0 aromatic heterocycles. The van der Waals surface area contributed by atoms with Crippen LogP contribution in [-0.2, 0) is 18.4 Å². The molecular formula is C20H40O5Si2. The fraction of sp³-hybridized carbons (Fsp3) is 0.800. The summed E-state index contributed by atoms with van der Waals surface area (Å²) < 4.78 is 11.8. The molecule has 0 aliphatic heterocycles. The van der Waals surface area contributed by atoms with Crippen LogP contribution in [0.25, 0.3) is 0 Å². The molecule has 0 spiro atoms. The Morgan fingerprint density at radius 1 is 0.926 bits per heavy atom. The van der Waals surface area contributed by atoms with Gasteiger partial charge in [0.2, 0.25) is 0 Å². The van der Waals surface area contributed by atoms with Crippen LogP contribution in [0.2, 0.25) is 38.3 Å². The Labute approximate surface area is 167 Å². The molecule has 0 rings (SSSR count). The van der Waals surface area contributed by atoms with Crippen molar-refractivity contribution >= 4 is 28.6 Å². The van der Waals surface area contributed by atoms with Crippen molar-refractivity contribution in [2.45, 2.75) is 96.6 Å². The first-order valence-corrected chi connectivity index (χ1v) is 16.6. The molecule has 0 aromatic rings. The zero-order chi connectivity index (χ0) is 20.9. The Morgan fingerprint density at radius 3 is 2.07 bits per heavy atom. The highest BCUT2D eigenvalue weighted by Gasteiger charge is 2.37. The van der Waals surface area contributed by atoms with E-state index in [2.05, 4.69) is 39.7 Å². The van der Waals surface area contributed by atoms with E-state index in [0.717, 1.165) is 25.0 Å². The van der Waals surface area contributed by atoms with E-state index in [1.165, 1.54) is 38.5 Å². The molecule has 0 saturated carbocycles. The molecule has 0 saturated heterocycles. The van der Waals surface area contributed by atoms with E-state index >= 15 is 0 Å². The lowest BCUT2D eigenvalue weighted by Crippen LogP contribution is -2.46. The SMILES string of the molecule is CCCCCCCCC(CCOC(=O)/C=C/C(=O)O)[Si](C)(C)O[Si](C)(C)C. The monoisotopic (exact) mass is 416 g/mol. The maximum absolute atomic E-state index is 11.6. The van der Waals surface area contributed by atoms with E-state index in [0.29, 0.717) is 12.1 Å². The van der Waals surface area contributed by atoms with Gasteiger partial charge in [0.25, 0.3) is 0 Å². The summed E-state index contributed by atoms with van der Waals surface area (Å²) in [5.41, 5.74) is 0.437. The van der Waals surface area contributed by atoms with Crippen LogP contribution in [0.3, 0.4) is 0 Å². The van der Waals surface area contributed by atoms with Crippen LogP contribution in [0.15, 0.2) is 12.2 Å². The van der Waals surface area contributed by atoms with E-state index in [4.69, 9.17) is 14.0 Å². The third-order valence-electron chi connectivity index (χ3n) is 4.53. The van der Waals surface area contributed by atoms with Gasteiger partial charge in [-0.1, -0.05) is 51.9 Å². The number of carboxylic acid groups (broad SMARTS) is 1. The highest BCUT2D eigenvalue weighted by molar-refractivity contribution is 6.85. The maximum Gasteiger partial charge on any atom is 0.331 e. The first-order chi connectivity index (χ1) is 12.5. The number of aliphatic carboxylic acids is 1. The minimum absolute atomic E-state index is 0.314. The van der Waals surface area contributed by atoms with Crippen LogP contribution < -0.4 is 0 Å². The summed E-state index contributed by atoms with van der Waals surface area (Å²) in [6.45, 7) is 13.8. The molecule has 27 heavy (non-hydrogen) atoms. The van der Waals surface area contributed by atoms with Gasteiger partial charge in [-0.15, -0.1) is 0 Å². The fourth-order valence-corrected chi connectivity index (χ4v) is 12.1. The lowest BCUT2D eigenvalue weighted by Gasteiger charge is -2.38. The molecule has 0 aromatic carbocycles. The van der Waals surface area contributed by atoms with Crippen molar-refractivity contribution in [1.82, 2.24) is 0 Å². The van der Waals surface area contributed by atoms with Gasteiger partial charge in [-0.3, -0.25) is 0 Å². The molecule has 0 aliphatic rings. The van der Waals surface area contributed by atoms with Crippen LogP contribution in [0.5, 0.6) is 0 Å². The zero-order valence-electron chi connectivity index (χ0n) is 18.2. The van der Waals surface area contributed by atoms with E-state index < -0.39 is 28.6 Å². The smallest absolute Gasteiger partial charge is 0.331 e. The second-order valence-corrected chi connectivity index (χ2v) is 17.8. The normalized spacial score (nSPS) is 13.7. The summed E-state index contributed by atoms with van der Waals surface area (Å²) in [6, 6.07) is 0. The number of rotatable bonds is 15. The van der Waals surface area contributed by atoms with Gasteiger partial charge in [-0.05, 0) is 44.7 Å². The van der Waals surface area contributed by atoms with Crippen molar-refractivity contribution in [3.05, 3.63) is 12.2 Å². The van der Waals surface area contributed by atoms with Crippen molar-refractivity contribution in [3.63, 3.8) is 0 Å². The molecule has 0 heterocycles. The van der Waals surface area contributed by atoms with Crippen LogP contribution in [0, 0.1) is 0 Å². The van der Waals surface area contributed by atoms with Crippen LogP contribution >= 0.6 is 0 Å². The Morgan fingerprint density at radius 2 is 1.52 bits per heavy atom. The van der Waals surface area contributed by atoms with Crippen molar-refractivity contribution < 1.29 is 23.5 Å². The predicted octanol–water partition coefficient (Wildman–Crippen LogP) is 5.74. The molecule has 1 atom stereocenters. The fourth-order valence-electron chi connectivity index (χ4n) is 3.37. The highest BCUT2D eigenvalue weighted by Crippen LogP contribution is 2.34. The van der Waals surface area contributed by atoms with Gasteiger partial charge < -0.3 is 14.0 Å². The molecule has 1 N–H and O–H groups in total. The lowest BCUT2D eigenvalue weighted by atomic mass is 10.1. The van der Waals surface area contributed by atoms with Gasteiger partial charge in [-0.25, -0.2) is 9.59 Å². The Balaban J connectivity index is 4.63. The number of carboxylic acids is 1. The Hall–Kier alpha value is -0.926. The summed E-state index contributed by atoms with van der Waals surface area (Å²) in [7, 11) is -3.52. The summed E-state index contributed by atoms with van der Waals surface area (Å²) in [5, 5.41) is 8.56. The first-order valence-electron chi connectivity index (χ1n) is 10.3. The first kappa shape index (κ1) is 26.1. The van der Waals surface area contributed by atoms with Gasteiger partial charge >= 0.3 is 11.9 Å². The number of carbonyl (C=O) groups excluding carboxylic acids is 1. The molecule has 0 fully saturated rings. The Kier molecular flexibility index (Phi) is 12.8. The molecular weight excluding hydrogens is 376 g/mol. The van der Waals surface area contributed by atoms with E-state index in [-0.39, 0.29) is 0 Å². The quantitative estimate of drug-likeness (QED) is 0.159. The number of carbonyl (C=O) groups is 2. The minimum Gasteiger partial charge on any atom is -0.478 e. The third-order valence-corrected chi connectivity index (χ3v) is 11.6. The third kappa shape index (κ3) is 14.8. The summed E-state index contributed by atoms with van der Waals surface area (Å²) in [5.74, 6) is -1.74. The average Bonchev–Trinajstić information content (AvgIpc) is 2.52. The largest absolute Gasteiger partial charge is 0.478 e. The number of hydrogen-bond acceptors (Lipinski definition) is 4. The average molecular weight is 417 g/mol. The zero-order valence-corrected chi connectivity index (χ0v) is 20.2. The van der Waals surface area contributed by atoms with E-state index in [9.17, 15) is 9.59 Å².